The number of rotatable bonds is 8. The summed E-state index contributed by atoms with van der Waals surface area (Å²) in [4.78, 5) is 3.33. The van der Waals surface area contributed by atoms with Crippen LogP contribution in [0.15, 0.2) is 17.5 Å². The Morgan fingerprint density at radius 2 is 2.38 bits per heavy atom. The van der Waals surface area contributed by atoms with Gasteiger partial charge in [-0.25, -0.2) is 0 Å². The quantitative estimate of drug-likeness (QED) is 0.702. The molecule has 0 bridgehead atoms. The molecule has 0 aliphatic heterocycles. The van der Waals surface area contributed by atoms with Gasteiger partial charge in [-0.15, -0.1) is 11.3 Å². The maximum Gasteiger partial charge on any atom is 0.0897 e. The third kappa shape index (κ3) is 5.05. The number of hydrogen-bond acceptors (Lipinski definition) is 5. The van der Waals surface area contributed by atoms with Crippen molar-refractivity contribution in [2.75, 3.05) is 33.4 Å². The molecule has 1 atom stereocenters. The summed E-state index contributed by atoms with van der Waals surface area (Å²) in [6, 6.07) is 4.08. The van der Waals surface area contributed by atoms with Crippen molar-refractivity contribution in [2.45, 2.75) is 12.6 Å². The highest BCUT2D eigenvalue weighted by Gasteiger charge is 2.11. The summed E-state index contributed by atoms with van der Waals surface area (Å²) < 4.78 is 5.02. The van der Waals surface area contributed by atoms with Gasteiger partial charge in [-0.3, -0.25) is 4.90 Å². The molecule has 0 saturated carbocycles. The van der Waals surface area contributed by atoms with E-state index in [0.717, 1.165) is 13.1 Å². The van der Waals surface area contributed by atoms with E-state index in [1.54, 1.807) is 18.4 Å². The molecule has 0 aromatic carbocycles. The molecule has 4 nitrogen and oxygen atoms in total. The van der Waals surface area contributed by atoms with Crippen LogP contribution in [0.1, 0.15) is 4.88 Å². The van der Waals surface area contributed by atoms with Crippen molar-refractivity contribution < 1.29 is 14.9 Å². The van der Waals surface area contributed by atoms with E-state index in [4.69, 9.17) is 9.84 Å². The lowest BCUT2D eigenvalue weighted by atomic mass is 10.3. The largest absolute Gasteiger partial charge is 0.394 e. The third-order valence-corrected chi connectivity index (χ3v) is 3.11. The monoisotopic (exact) mass is 245 g/mol. The van der Waals surface area contributed by atoms with Crippen molar-refractivity contribution in [3.05, 3.63) is 22.4 Å². The van der Waals surface area contributed by atoms with Crippen LogP contribution >= 0.6 is 11.3 Å². The fourth-order valence-electron chi connectivity index (χ4n) is 1.43. The summed E-state index contributed by atoms with van der Waals surface area (Å²) in [5, 5.41) is 20.3. The number of thiophene rings is 1. The maximum absolute atomic E-state index is 9.43. The maximum atomic E-state index is 9.43. The van der Waals surface area contributed by atoms with Gasteiger partial charge in [0.25, 0.3) is 0 Å². The van der Waals surface area contributed by atoms with Crippen LogP contribution in [0, 0.1) is 0 Å². The first-order chi connectivity index (χ1) is 7.76. The lowest BCUT2D eigenvalue weighted by Gasteiger charge is -2.23. The van der Waals surface area contributed by atoms with E-state index < -0.39 is 6.10 Å². The number of nitrogens with zero attached hydrogens (tertiary/aromatic N) is 1. The van der Waals surface area contributed by atoms with E-state index in [-0.39, 0.29) is 6.61 Å². The molecule has 2 N–H and O–H groups in total. The Labute approximate surface area is 100 Å². The Morgan fingerprint density at radius 1 is 1.56 bits per heavy atom. The molecule has 92 valence electrons. The molecule has 0 aliphatic rings. The zero-order valence-electron chi connectivity index (χ0n) is 9.50. The second kappa shape index (κ2) is 7.76. The van der Waals surface area contributed by atoms with E-state index in [0.29, 0.717) is 13.2 Å². The Kier molecular flexibility index (Phi) is 6.59. The van der Waals surface area contributed by atoms with Crippen molar-refractivity contribution in [1.29, 1.82) is 0 Å². The zero-order chi connectivity index (χ0) is 11.8. The van der Waals surface area contributed by atoms with E-state index >= 15 is 0 Å². The van der Waals surface area contributed by atoms with Gasteiger partial charge in [-0.2, -0.15) is 0 Å². The van der Waals surface area contributed by atoms with Gasteiger partial charge in [0, 0.05) is 31.6 Å². The lowest BCUT2D eigenvalue weighted by molar-refractivity contribution is 0.0472. The van der Waals surface area contributed by atoms with Crippen molar-refractivity contribution in [2.24, 2.45) is 0 Å². The van der Waals surface area contributed by atoms with Crippen LogP contribution in [0.2, 0.25) is 0 Å². The Balaban J connectivity index is 2.43. The second-order valence-corrected chi connectivity index (χ2v) is 4.68. The van der Waals surface area contributed by atoms with Gasteiger partial charge in [0.05, 0.1) is 19.3 Å². The molecule has 0 fully saturated rings. The molecule has 1 heterocycles. The molecule has 0 saturated heterocycles. The summed E-state index contributed by atoms with van der Waals surface area (Å²) in [6.45, 7) is 2.44. The van der Waals surface area contributed by atoms with Gasteiger partial charge in [-0.05, 0) is 11.4 Å². The van der Waals surface area contributed by atoms with Crippen LogP contribution in [0.3, 0.4) is 0 Å². The average Bonchev–Trinajstić information content (AvgIpc) is 2.78. The molecule has 0 amide bonds. The van der Waals surface area contributed by atoms with Gasteiger partial charge in [0.2, 0.25) is 0 Å². The van der Waals surface area contributed by atoms with Crippen molar-refractivity contribution >= 4 is 11.3 Å². The van der Waals surface area contributed by atoms with E-state index in [1.807, 2.05) is 11.4 Å². The number of methoxy groups -OCH3 is 1. The minimum Gasteiger partial charge on any atom is -0.394 e. The molecule has 16 heavy (non-hydrogen) atoms. The van der Waals surface area contributed by atoms with Gasteiger partial charge < -0.3 is 14.9 Å². The zero-order valence-corrected chi connectivity index (χ0v) is 10.3. The molecular formula is C11H19NO3S. The molecule has 5 heteroatoms. The number of aliphatic hydroxyl groups excluding tert-OH is 2. The van der Waals surface area contributed by atoms with Crippen molar-refractivity contribution in [3.8, 4) is 0 Å². The highest BCUT2D eigenvalue weighted by atomic mass is 32.1. The topological polar surface area (TPSA) is 52.9 Å². The molecule has 1 aromatic rings. The summed E-state index contributed by atoms with van der Waals surface area (Å²) in [5.74, 6) is 0. The van der Waals surface area contributed by atoms with Crippen LogP contribution in [-0.4, -0.2) is 54.6 Å². The lowest BCUT2D eigenvalue weighted by Crippen LogP contribution is -2.35. The molecule has 1 rings (SSSR count). The highest BCUT2D eigenvalue weighted by Crippen LogP contribution is 2.11. The van der Waals surface area contributed by atoms with Crippen LogP contribution < -0.4 is 0 Å². The van der Waals surface area contributed by atoms with Gasteiger partial charge in [-0.1, -0.05) is 6.07 Å². The Hall–Kier alpha value is -0.460. The molecule has 0 radical (unpaired) electrons. The Morgan fingerprint density at radius 3 is 2.94 bits per heavy atom. The predicted octanol–water partition coefficient (Wildman–Crippen LogP) is 0.550. The first-order valence-electron chi connectivity index (χ1n) is 5.29. The normalized spacial score (nSPS) is 13.2. The SMILES string of the molecule is COCCN(Cc1cccs1)CC(O)CO. The van der Waals surface area contributed by atoms with Crippen LogP contribution in [0.5, 0.6) is 0 Å². The smallest absolute Gasteiger partial charge is 0.0897 e. The fourth-order valence-corrected chi connectivity index (χ4v) is 2.18. The number of hydrogen-bond donors (Lipinski definition) is 2. The highest BCUT2D eigenvalue weighted by molar-refractivity contribution is 7.09. The summed E-state index contributed by atoms with van der Waals surface area (Å²) in [7, 11) is 1.66. The molecule has 0 aliphatic carbocycles. The van der Waals surface area contributed by atoms with Crippen LogP contribution in [0.25, 0.3) is 0 Å². The molecule has 1 unspecified atom stereocenters. The summed E-state index contributed by atoms with van der Waals surface area (Å²) in [6.07, 6.45) is -0.684. The van der Waals surface area contributed by atoms with Gasteiger partial charge in [0.15, 0.2) is 0 Å². The minimum absolute atomic E-state index is 0.200. The van der Waals surface area contributed by atoms with Gasteiger partial charge in [0.1, 0.15) is 0 Å². The predicted molar refractivity (Wildman–Crippen MR) is 64.6 cm³/mol. The standard InChI is InChI=1S/C11H19NO3S/c1-15-5-4-12(7-10(14)9-13)8-11-3-2-6-16-11/h2-3,6,10,13-14H,4-5,7-9H2,1H3. The minimum atomic E-state index is -0.684. The molecule has 1 aromatic heterocycles. The first kappa shape index (κ1) is 13.6. The second-order valence-electron chi connectivity index (χ2n) is 3.64. The van der Waals surface area contributed by atoms with E-state index in [2.05, 4.69) is 11.0 Å². The van der Waals surface area contributed by atoms with Crippen LogP contribution in [0.4, 0.5) is 0 Å². The van der Waals surface area contributed by atoms with Crippen molar-refractivity contribution in [1.82, 2.24) is 4.90 Å². The Bertz CT molecular complexity index is 266. The molecular weight excluding hydrogens is 226 g/mol. The van der Waals surface area contributed by atoms with Gasteiger partial charge >= 0.3 is 0 Å². The average molecular weight is 245 g/mol. The summed E-state index contributed by atoms with van der Waals surface area (Å²) in [5.41, 5.74) is 0. The summed E-state index contributed by atoms with van der Waals surface area (Å²) >= 11 is 1.69. The van der Waals surface area contributed by atoms with E-state index in [1.165, 1.54) is 4.88 Å². The van der Waals surface area contributed by atoms with E-state index in [9.17, 15) is 5.11 Å². The first-order valence-corrected chi connectivity index (χ1v) is 6.16. The fraction of sp³-hybridized carbons (Fsp3) is 0.636. The molecule has 0 spiro atoms. The van der Waals surface area contributed by atoms with Crippen LogP contribution in [-0.2, 0) is 11.3 Å². The number of ether oxygens (including phenoxy) is 1. The third-order valence-electron chi connectivity index (χ3n) is 2.25. The van der Waals surface area contributed by atoms with Crippen molar-refractivity contribution in [3.63, 3.8) is 0 Å². The number of aliphatic hydroxyl groups is 2.